The minimum absolute atomic E-state index is 0.240. The molecule has 0 radical (unpaired) electrons. The first-order chi connectivity index (χ1) is 12.1. The number of rotatable bonds is 9. The summed E-state index contributed by atoms with van der Waals surface area (Å²) in [6.45, 7) is 5.76. The molecule has 0 fully saturated rings. The van der Waals surface area contributed by atoms with E-state index in [0.717, 1.165) is 25.1 Å². The smallest absolute Gasteiger partial charge is 0.270 e. The Hall–Kier alpha value is -2.73. The van der Waals surface area contributed by atoms with Gasteiger partial charge in [-0.15, -0.1) is 6.58 Å². The van der Waals surface area contributed by atoms with Crippen LogP contribution < -0.4 is 10.6 Å². The molecule has 2 N–H and O–H groups in total. The number of nitrogens with zero attached hydrogens (tertiary/aromatic N) is 3. The van der Waals surface area contributed by atoms with Crippen LogP contribution in [0.15, 0.2) is 49.1 Å². The van der Waals surface area contributed by atoms with Crippen molar-refractivity contribution >= 4 is 11.7 Å². The van der Waals surface area contributed by atoms with E-state index < -0.39 is 0 Å². The van der Waals surface area contributed by atoms with E-state index >= 15 is 0 Å². The Balaban J connectivity index is 2.22. The highest BCUT2D eigenvalue weighted by molar-refractivity contribution is 5.93. The van der Waals surface area contributed by atoms with Crippen molar-refractivity contribution in [1.82, 2.24) is 20.2 Å². The Bertz CT molecular complexity index is 700. The summed E-state index contributed by atoms with van der Waals surface area (Å²) in [4.78, 5) is 23.4. The monoisotopic (exact) mass is 339 g/mol. The molecule has 1 aromatic heterocycles. The van der Waals surface area contributed by atoms with Crippen molar-refractivity contribution in [2.45, 2.75) is 6.42 Å². The van der Waals surface area contributed by atoms with Crippen LogP contribution in [-0.2, 0) is 0 Å². The molecule has 1 amide bonds. The molecule has 0 atom stereocenters. The van der Waals surface area contributed by atoms with Crippen molar-refractivity contribution in [3.8, 4) is 11.4 Å². The molecule has 0 aliphatic heterocycles. The summed E-state index contributed by atoms with van der Waals surface area (Å²) in [6.07, 6.45) is 2.62. The molecule has 0 aliphatic rings. The summed E-state index contributed by atoms with van der Waals surface area (Å²) in [5, 5.41) is 6.04. The molecule has 2 rings (SSSR count). The van der Waals surface area contributed by atoms with Crippen LogP contribution in [0.5, 0.6) is 0 Å². The molecular formula is C19H25N5O. The van der Waals surface area contributed by atoms with Gasteiger partial charge in [0.25, 0.3) is 5.91 Å². The normalized spacial score (nSPS) is 10.5. The second kappa shape index (κ2) is 9.54. The third-order valence-corrected chi connectivity index (χ3v) is 3.49. The van der Waals surface area contributed by atoms with Crippen molar-refractivity contribution in [2.24, 2.45) is 0 Å². The molecule has 0 aliphatic carbocycles. The number of aromatic nitrogens is 2. The van der Waals surface area contributed by atoms with E-state index in [2.05, 4.69) is 32.1 Å². The maximum atomic E-state index is 12.3. The SMILES string of the molecule is C=CCNC(=O)c1cc(NCCCN(C)C)nc(-c2ccccc2)n1. The maximum absolute atomic E-state index is 12.3. The molecule has 0 spiro atoms. The van der Waals surface area contributed by atoms with E-state index in [1.54, 1.807) is 12.1 Å². The number of hydrogen-bond donors (Lipinski definition) is 2. The maximum Gasteiger partial charge on any atom is 0.270 e. The Morgan fingerprint density at radius 3 is 2.68 bits per heavy atom. The second-order valence-electron chi connectivity index (χ2n) is 5.91. The molecule has 1 heterocycles. The zero-order chi connectivity index (χ0) is 18.1. The first-order valence-corrected chi connectivity index (χ1v) is 8.32. The van der Waals surface area contributed by atoms with Gasteiger partial charge in [0.15, 0.2) is 5.82 Å². The van der Waals surface area contributed by atoms with Gasteiger partial charge in [0.1, 0.15) is 11.5 Å². The highest BCUT2D eigenvalue weighted by atomic mass is 16.1. The van der Waals surface area contributed by atoms with Gasteiger partial charge < -0.3 is 15.5 Å². The van der Waals surface area contributed by atoms with E-state index in [-0.39, 0.29) is 5.91 Å². The lowest BCUT2D eigenvalue weighted by atomic mass is 10.2. The highest BCUT2D eigenvalue weighted by Crippen LogP contribution is 2.18. The van der Waals surface area contributed by atoms with Crippen LogP contribution in [-0.4, -0.2) is 54.5 Å². The molecule has 0 bridgehead atoms. The van der Waals surface area contributed by atoms with Gasteiger partial charge in [0.2, 0.25) is 0 Å². The van der Waals surface area contributed by atoms with Gasteiger partial charge in [-0.3, -0.25) is 4.79 Å². The van der Waals surface area contributed by atoms with Crippen LogP contribution in [0.25, 0.3) is 11.4 Å². The third kappa shape index (κ3) is 6.00. The van der Waals surface area contributed by atoms with Crippen LogP contribution in [0.1, 0.15) is 16.9 Å². The van der Waals surface area contributed by atoms with Crippen LogP contribution in [0.4, 0.5) is 5.82 Å². The number of nitrogens with one attached hydrogen (secondary N) is 2. The Morgan fingerprint density at radius 1 is 1.24 bits per heavy atom. The van der Waals surface area contributed by atoms with Crippen LogP contribution in [0, 0.1) is 0 Å². The van der Waals surface area contributed by atoms with Gasteiger partial charge >= 0.3 is 0 Å². The van der Waals surface area contributed by atoms with Gasteiger partial charge in [0, 0.05) is 24.7 Å². The molecule has 132 valence electrons. The number of benzene rings is 1. The summed E-state index contributed by atoms with van der Waals surface area (Å²) in [7, 11) is 4.08. The minimum atomic E-state index is -0.240. The topological polar surface area (TPSA) is 70.2 Å². The fourth-order valence-corrected chi connectivity index (χ4v) is 2.24. The lowest BCUT2D eigenvalue weighted by Crippen LogP contribution is -2.25. The first-order valence-electron chi connectivity index (χ1n) is 8.32. The number of amides is 1. The van der Waals surface area contributed by atoms with Crippen LogP contribution >= 0.6 is 0 Å². The zero-order valence-corrected chi connectivity index (χ0v) is 14.8. The fourth-order valence-electron chi connectivity index (χ4n) is 2.24. The molecule has 6 heteroatoms. The summed E-state index contributed by atoms with van der Waals surface area (Å²) < 4.78 is 0. The predicted octanol–water partition coefficient (Wildman–Crippen LogP) is 2.42. The predicted molar refractivity (Wildman–Crippen MR) is 102 cm³/mol. The third-order valence-electron chi connectivity index (χ3n) is 3.49. The second-order valence-corrected chi connectivity index (χ2v) is 5.91. The molecule has 2 aromatic rings. The van der Waals surface area contributed by atoms with Crippen LogP contribution in [0.3, 0.4) is 0 Å². The average molecular weight is 339 g/mol. The van der Waals surface area contributed by atoms with E-state index in [4.69, 9.17) is 0 Å². The summed E-state index contributed by atoms with van der Waals surface area (Å²) in [5.74, 6) is 0.939. The largest absolute Gasteiger partial charge is 0.370 e. The molecule has 0 saturated carbocycles. The Morgan fingerprint density at radius 2 is 2.00 bits per heavy atom. The summed E-state index contributed by atoms with van der Waals surface area (Å²) >= 11 is 0. The molecule has 0 unspecified atom stereocenters. The van der Waals surface area contributed by atoms with Gasteiger partial charge in [-0.2, -0.15) is 0 Å². The van der Waals surface area contributed by atoms with Gasteiger partial charge in [-0.05, 0) is 27.1 Å². The highest BCUT2D eigenvalue weighted by Gasteiger charge is 2.12. The standard InChI is InChI=1S/C19H25N5O/c1-4-11-21-19(25)16-14-17(20-12-8-13-24(2)3)23-18(22-16)15-9-6-5-7-10-15/h4-7,9-10,14H,1,8,11-13H2,2-3H3,(H,21,25)(H,20,22,23). The number of carbonyl (C=O) groups is 1. The molecular weight excluding hydrogens is 314 g/mol. The molecule has 0 saturated heterocycles. The minimum Gasteiger partial charge on any atom is -0.370 e. The molecule has 1 aromatic carbocycles. The Kier molecular flexibility index (Phi) is 7.10. The van der Waals surface area contributed by atoms with E-state index in [1.807, 2.05) is 44.4 Å². The van der Waals surface area contributed by atoms with Crippen molar-refractivity contribution < 1.29 is 4.79 Å². The van der Waals surface area contributed by atoms with Gasteiger partial charge in [0.05, 0.1) is 0 Å². The van der Waals surface area contributed by atoms with Crippen molar-refractivity contribution in [3.05, 3.63) is 54.7 Å². The molecule has 6 nitrogen and oxygen atoms in total. The quantitative estimate of drug-likeness (QED) is 0.542. The van der Waals surface area contributed by atoms with Crippen molar-refractivity contribution in [2.75, 3.05) is 39.0 Å². The fraction of sp³-hybridized carbons (Fsp3) is 0.316. The lowest BCUT2D eigenvalue weighted by molar-refractivity contribution is 0.0953. The van der Waals surface area contributed by atoms with Crippen LogP contribution in [0.2, 0.25) is 0 Å². The van der Waals surface area contributed by atoms with Crippen molar-refractivity contribution in [1.29, 1.82) is 0 Å². The average Bonchev–Trinajstić information content (AvgIpc) is 2.63. The van der Waals surface area contributed by atoms with E-state index in [1.165, 1.54) is 0 Å². The van der Waals surface area contributed by atoms with Gasteiger partial charge in [-0.25, -0.2) is 9.97 Å². The number of carbonyl (C=O) groups excluding carboxylic acids is 1. The lowest BCUT2D eigenvalue weighted by Gasteiger charge is -2.12. The van der Waals surface area contributed by atoms with Gasteiger partial charge in [-0.1, -0.05) is 36.4 Å². The van der Waals surface area contributed by atoms with E-state index in [0.29, 0.717) is 23.9 Å². The first kappa shape index (κ1) is 18.6. The van der Waals surface area contributed by atoms with Crippen molar-refractivity contribution in [3.63, 3.8) is 0 Å². The van der Waals surface area contributed by atoms with E-state index in [9.17, 15) is 4.79 Å². The number of anilines is 1. The summed E-state index contributed by atoms with van der Waals surface area (Å²) in [6, 6.07) is 11.3. The number of hydrogen-bond acceptors (Lipinski definition) is 5. The zero-order valence-electron chi connectivity index (χ0n) is 14.8. The Labute approximate surface area is 149 Å². The summed E-state index contributed by atoms with van der Waals surface area (Å²) in [5.41, 5.74) is 1.21. The molecule has 25 heavy (non-hydrogen) atoms.